The van der Waals surface area contributed by atoms with E-state index in [4.69, 9.17) is 0 Å². The Labute approximate surface area is 152 Å². The van der Waals surface area contributed by atoms with Crippen molar-refractivity contribution in [1.29, 1.82) is 0 Å². The van der Waals surface area contributed by atoms with Gasteiger partial charge in [0.05, 0.1) is 10.5 Å². The van der Waals surface area contributed by atoms with Crippen molar-refractivity contribution in [3.8, 4) is 0 Å². The highest BCUT2D eigenvalue weighted by atomic mass is 16.6. The first-order chi connectivity index (χ1) is 12.5. The van der Waals surface area contributed by atoms with Crippen LogP contribution in [-0.4, -0.2) is 41.9 Å². The van der Waals surface area contributed by atoms with E-state index in [1.54, 1.807) is 18.2 Å². The molecule has 0 unspecified atom stereocenters. The second-order valence-electron chi connectivity index (χ2n) is 6.53. The minimum Gasteiger partial charge on any atom is -0.382 e. The molecule has 0 radical (unpaired) electrons. The smallest absolute Gasteiger partial charge is 0.270 e. The van der Waals surface area contributed by atoms with Crippen molar-refractivity contribution < 1.29 is 9.72 Å². The number of hydrogen-bond donors (Lipinski definition) is 2. The van der Waals surface area contributed by atoms with Gasteiger partial charge < -0.3 is 15.5 Å². The summed E-state index contributed by atoms with van der Waals surface area (Å²) in [5, 5.41) is 17.3. The normalized spacial score (nSPS) is 15.4. The van der Waals surface area contributed by atoms with E-state index in [1.807, 2.05) is 18.2 Å². The van der Waals surface area contributed by atoms with Gasteiger partial charge in [-0.15, -0.1) is 0 Å². The van der Waals surface area contributed by atoms with Crippen LogP contribution < -0.4 is 10.6 Å². The van der Waals surface area contributed by atoms with Gasteiger partial charge >= 0.3 is 0 Å². The molecule has 1 amide bonds. The van der Waals surface area contributed by atoms with E-state index in [0.717, 1.165) is 25.9 Å². The number of likely N-dealkylation sites (tertiary alicyclic amines) is 1. The summed E-state index contributed by atoms with van der Waals surface area (Å²) in [5.41, 5.74) is 1.45. The molecular weight excluding hydrogens is 332 g/mol. The summed E-state index contributed by atoms with van der Waals surface area (Å²) in [7, 11) is 2.08. The monoisotopic (exact) mass is 354 g/mol. The Morgan fingerprint density at radius 1 is 1.15 bits per heavy atom. The summed E-state index contributed by atoms with van der Waals surface area (Å²) < 4.78 is 0. The molecular formula is C19H22N4O3. The Morgan fingerprint density at radius 2 is 1.85 bits per heavy atom. The number of nitrogens with zero attached hydrogens (tertiary/aromatic N) is 2. The Balaban J connectivity index is 1.83. The zero-order valence-corrected chi connectivity index (χ0v) is 14.6. The van der Waals surface area contributed by atoms with Gasteiger partial charge in [0.15, 0.2) is 0 Å². The molecule has 26 heavy (non-hydrogen) atoms. The molecule has 1 aliphatic rings. The van der Waals surface area contributed by atoms with Crippen LogP contribution in [-0.2, 0) is 0 Å². The third-order valence-corrected chi connectivity index (χ3v) is 4.57. The molecule has 0 saturated carbocycles. The van der Waals surface area contributed by atoms with Crippen molar-refractivity contribution in [2.75, 3.05) is 30.8 Å². The summed E-state index contributed by atoms with van der Waals surface area (Å²) in [5.74, 6) is -0.365. The number of carbonyl (C=O) groups is 1. The Kier molecular flexibility index (Phi) is 5.48. The lowest BCUT2D eigenvalue weighted by Crippen LogP contribution is -2.37. The van der Waals surface area contributed by atoms with E-state index < -0.39 is 4.92 Å². The minimum atomic E-state index is -0.487. The van der Waals surface area contributed by atoms with E-state index in [9.17, 15) is 14.9 Å². The molecule has 0 aliphatic carbocycles. The fourth-order valence-electron chi connectivity index (χ4n) is 3.05. The third-order valence-electron chi connectivity index (χ3n) is 4.57. The van der Waals surface area contributed by atoms with Gasteiger partial charge in [0, 0.05) is 29.5 Å². The highest BCUT2D eigenvalue weighted by molar-refractivity contribution is 6.08. The predicted molar refractivity (Wildman–Crippen MR) is 102 cm³/mol. The summed E-state index contributed by atoms with van der Waals surface area (Å²) in [4.78, 5) is 25.6. The van der Waals surface area contributed by atoms with E-state index in [2.05, 4.69) is 22.6 Å². The summed E-state index contributed by atoms with van der Waals surface area (Å²) >= 11 is 0. The number of benzene rings is 2. The maximum absolute atomic E-state index is 12.7. The predicted octanol–water partition coefficient (Wildman–Crippen LogP) is 3.35. The number of rotatable bonds is 5. The van der Waals surface area contributed by atoms with E-state index in [-0.39, 0.29) is 23.2 Å². The molecule has 2 aromatic carbocycles. The number of carbonyl (C=O) groups excluding carboxylic acids is 1. The first-order valence-electron chi connectivity index (χ1n) is 8.63. The van der Waals surface area contributed by atoms with E-state index >= 15 is 0 Å². The van der Waals surface area contributed by atoms with Crippen molar-refractivity contribution >= 4 is 23.0 Å². The lowest BCUT2D eigenvalue weighted by molar-refractivity contribution is -0.384. The third kappa shape index (κ3) is 4.37. The molecule has 0 atom stereocenters. The van der Waals surface area contributed by atoms with Crippen molar-refractivity contribution in [2.24, 2.45) is 0 Å². The second kappa shape index (κ2) is 7.97. The molecule has 7 nitrogen and oxygen atoms in total. The van der Waals surface area contributed by atoms with Gasteiger partial charge in [-0.2, -0.15) is 0 Å². The maximum Gasteiger partial charge on any atom is 0.270 e. The SMILES string of the molecule is CN1CCC(Nc2ccc([N+](=O)[O-])cc2C(=O)Nc2ccccc2)CC1. The van der Waals surface area contributed by atoms with Crippen LogP contribution in [0.1, 0.15) is 23.2 Å². The number of amides is 1. The van der Waals surface area contributed by atoms with Crippen LogP contribution in [0.5, 0.6) is 0 Å². The lowest BCUT2D eigenvalue weighted by atomic mass is 10.0. The van der Waals surface area contributed by atoms with Crippen molar-refractivity contribution in [3.05, 3.63) is 64.2 Å². The van der Waals surface area contributed by atoms with E-state index in [1.165, 1.54) is 12.1 Å². The topological polar surface area (TPSA) is 87.5 Å². The molecule has 3 rings (SSSR count). The average Bonchev–Trinajstić information content (AvgIpc) is 2.64. The zero-order chi connectivity index (χ0) is 18.5. The van der Waals surface area contributed by atoms with Crippen molar-refractivity contribution in [1.82, 2.24) is 4.90 Å². The molecule has 0 aromatic heterocycles. The van der Waals surface area contributed by atoms with Gasteiger partial charge in [-0.05, 0) is 51.2 Å². The van der Waals surface area contributed by atoms with E-state index in [0.29, 0.717) is 11.4 Å². The number of nitro benzene ring substituents is 1. The van der Waals surface area contributed by atoms with Crippen LogP contribution >= 0.6 is 0 Å². The Hall–Kier alpha value is -2.93. The Morgan fingerprint density at radius 3 is 2.50 bits per heavy atom. The highest BCUT2D eigenvalue weighted by Gasteiger charge is 2.21. The molecule has 7 heteroatoms. The van der Waals surface area contributed by atoms with Crippen LogP contribution in [0.25, 0.3) is 0 Å². The first-order valence-corrected chi connectivity index (χ1v) is 8.63. The molecule has 1 heterocycles. The van der Waals surface area contributed by atoms with Gasteiger partial charge in [0.2, 0.25) is 0 Å². The number of nitrogens with one attached hydrogen (secondary N) is 2. The number of hydrogen-bond acceptors (Lipinski definition) is 5. The largest absolute Gasteiger partial charge is 0.382 e. The highest BCUT2D eigenvalue weighted by Crippen LogP contribution is 2.25. The maximum atomic E-state index is 12.7. The first kappa shape index (κ1) is 17.9. The molecule has 2 N–H and O–H groups in total. The summed E-state index contributed by atoms with van der Waals surface area (Å²) in [6, 6.07) is 13.7. The minimum absolute atomic E-state index is 0.0999. The fourth-order valence-corrected chi connectivity index (χ4v) is 3.05. The van der Waals surface area contributed by atoms with Crippen LogP contribution in [0.15, 0.2) is 48.5 Å². The van der Waals surface area contributed by atoms with Crippen LogP contribution in [0.3, 0.4) is 0 Å². The molecule has 0 bridgehead atoms. The Bertz CT molecular complexity index is 787. The number of anilines is 2. The number of non-ortho nitro benzene ring substituents is 1. The van der Waals surface area contributed by atoms with Gasteiger partial charge in [-0.25, -0.2) is 0 Å². The fraction of sp³-hybridized carbons (Fsp3) is 0.316. The van der Waals surface area contributed by atoms with Crippen molar-refractivity contribution in [3.63, 3.8) is 0 Å². The average molecular weight is 354 g/mol. The molecule has 0 spiro atoms. The van der Waals surface area contributed by atoms with Gasteiger partial charge in [0.1, 0.15) is 0 Å². The molecule has 1 aliphatic heterocycles. The van der Waals surface area contributed by atoms with Crippen LogP contribution in [0.2, 0.25) is 0 Å². The zero-order valence-electron chi connectivity index (χ0n) is 14.6. The van der Waals surface area contributed by atoms with Gasteiger partial charge in [-0.3, -0.25) is 14.9 Å². The summed E-state index contributed by atoms with van der Waals surface area (Å²) in [6.45, 7) is 1.96. The van der Waals surface area contributed by atoms with Gasteiger partial charge in [0.25, 0.3) is 11.6 Å². The van der Waals surface area contributed by atoms with Crippen LogP contribution in [0.4, 0.5) is 17.1 Å². The standard InChI is InChI=1S/C19H22N4O3/c1-22-11-9-15(10-12-22)20-18-8-7-16(23(25)26)13-17(18)19(24)21-14-5-3-2-4-6-14/h2-8,13,15,20H,9-12H2,1H3,(H,21,24). The number of nitro groups is 1. The summed E-state index contributed by atoms with van der Waals surface area (Å²) in [6.07, 6.45) is 1.93. The lowest BCUT2D eigenvalue weighted by Gasteiger charge is -2.30. The molecule has 1 saturated heterocycles. The molecule has 136 valence electrons. The molecule has 1 fully saturated rings. The second-order valence-corrected chi connectivity index (χ2v) is 6.53. The van der Waals surface area contributed by atoms with Crippen LogP contribution in [0, 0.1) is 10.1 Å². The molecule has 2 aromatic rings. The quantitative estimate of drug-likeness (QED) is 0.635. The van der Waals surface area contributed by atoms with Crippen molar-refractivity contribution in [2.45, 2.75) is 18.9 Å². The number of para-hydroxylation sites is 1. The number of piperidine rings is 1. The van der Waals surface area contributed by atoms with Gasteiger partial charge in [-0.1, -0.05) is 18.2 Å².